The summed E-state index contributed by atoms with van der Waals surface area (Å²) in [6, 6.07) is 10.6. The fourth-order valence-electron chi connectivity index (χ4n) is 1.81. The van der Waals surface area contributed by atoms with Crippen molar-refractivity contribution >= 4 is 5.69 Å². The number of nitrogens with one attached hydrogen (secondary N) is 1. The van der Waals surface area contributed by atoms with Crippen LogP contribution in [0.4, 0.5) is 10.1 Å². The third-order valence-electron chi connectivity index (χ3n) is 2.98. The number of halogens is 1. The Hall–Kier alpha value is -2.41. The maximum Gasteiger partial charge on any atom is 0.163 e. The molecule has 2 aromatic rings. The van der Waals surface area contributed by atoms with Crippen LogP contribution in [0.5, 0.6) is 0 Å². The summed E-state index contributed by atoms with van der Waals surface area (Å²) in [6.07, 6.45) is 1.57. The predicted molar refractivity (Wildman–Crippen MR) is 72.1 cm³/mol. The van der Waals surface area contributed by atoms with Crippen molar-refractivity contribution in [3.8, 4) is 6.07 Å². The van der Waals surface area contributed by atoms with Gasteiger partial charge in [0, 0.05) is 12.2 Å². The highest BCUT2D eigenvalue weighted by atomic mass is 19.1. The van der Waals surface area contributed by atoms with E-state index < -0.39 is 0 Å². The van der Waals surface area contributed by atoms with E-state index in [0.29, 0.717) is 16.9 Å². The zero-order chi connectivity index (χ0) is 13.8. The third-order valence-corrected chi connectivity index (χ3v) is 2.98. The van der Waals surface area contributed by atoms with Gasteiger partial charge in [-0.1, -0.05) is 12.1 Å². The molecule has 1 aromatic carbocycles. The molecule has 1 atom stereocenters. The average molecular weight is 255 g/mol. The van der Waals surface area contributed by atoms with Gasteiger partial charge in [-0.2, -0.15) is 5.26 Å². The molecular formula is C15H14FN3. The summed E-state index contributed by atoms with van der Waals surface area (Å²) in [5.41, 5.74) is 2.44. The van der Waals surface area contributed by atoms with Crippen LogP contribution in [-0.4, -0.2) is 4.98 Å². The zero-order valence-corrected chi connectivity index (χ0v) is 10.8. The first-order chi connectivity index (χ1) is 9.11. The summed E-state index contributed by atoms with van der Waals surface area (Å²) >= 11 is 0. The first-order valence-electron chi connectivity index (χ1n) is 5.99. The lowest BCUT2D eigenvalue weighted by atomic mass is 10.1. The number of anilines is 1. The van der Waals surface area contributed by atoms with E-state index >= 15 is 0 Å². The minimum Gasteiger partial charge on any atom is -0.376 e. The van der Waals surface area contributed by atoms with Gasteiger partial charge in [-0.25, -0.2) is 9.37 Å². The molecule has 3 nitrogen and oxygen atoms in total. The van der Waals surface area contributed by atoms with Gasteiger partial charge in [0.15, 0.2) is 5.69 Å². The van der Waals surface area contributed by atoms with Crippen LogP contribution in [0.2, 0.25) is 0 Å². The molecule has 0 aliphatic heterocycles. The van der Waals surface area contributed by atoms with Gasteiger partial charge in [0.25, 0.3) is 0 Å². The van der Waals surface area contributed by atoms with E-state index in [0.717, 1.165) is 5.56 Å². The number of nitrogens with zero attached hydrogens (tertiary/aromatic N) is 2. The minimum atomic E-state index is -0.224. The lowest BCUT2D eigenvalue weighted by Crippen LogP contribution is -2.09. The van der Waals surface area contributed by atoms with Gasteiger partial charge in [0.2, 0.25) is 0 Å². The van der Waals surface area contributed by atoms with Crippen LogP contribution in [0, 0.1) is 24.1 Å². The smallest absolute Gasteiger partial charge is 0.163 e. The molecule has 1 N–H and O–H groups in total. The maximum atomic E-state index is 13.5. The van der Waals surface area contributed by atoms with Gasteiger partial charge in [0.1, 0.15) is 11.9 Å². The van der Waals surface area contributed by atoms with Crippen molar-refractivity contribution < 1.29 is 4.39 Å². The highest BCUT2D eigenvalue weighted by molar-refractivity contribution is 5.54. The Bertz CT molecular complexity index is 632. The van der Waals surface area contributed by atoms with Gasteiger partial charge < -0.3 is 5.32 Å². The fourth-order valence-corrected chi connectivity index (χ4v) is 1.81. The number of benzene rings is 1. The molecule has 0 spiro atoms. The fraction of sp³-hybridized carbons (Fsp3) is 0.200. The number of aromatic nitrogens is 1. The second kappa shape index (κ2) is 5.49. The Morgan fingerprint density at radius 3 is 2.84 bits per heavy atom. The second-order valence-electron chi connectivity index (χ2n) is 4.39. The van der Waals surface area contributed by atoms with E-state index in [-0.39, 0.29) is 11.9 Å². The topological polar surface area (TPSA) is 48.7 Å². The van der Waals surface area contributed by atoms with Gasteiger partial charge >= 0.3 is 0 Å². The Balaban J connectivity index is 2.23. The van der Waals surface area contributed by atoms with Crippen molar-refractivity contribution in [2.24, 2.45) is 0 Å². The average Bonchev–Trinajstić information content (AvgIpc) is 2.42. The van der Waals surface area contributed by atoms with E-state index in [9.17, 15) is 4.39 Å². The monoisotopic (exact) mass is 255 g/mol. The molecule has 19 heavy (non-hydrogen) atoms. The van der Waals surface area contributed by atoms with Crippen LogP contribution < -0.4 is 5.32 Å². The molecule has 96 valence electrons. The van der Waals surface area contributed by atoms with Gasteiger partial charge in [-0.3, -0.25) is 0 Å². The third kappa shape index (κ3) is 2.89. The number of pyridine rings is 1. The largest absolute Gasteiger partial charge is 0.376 e. The quantitative estimate of drug-likeness (QED) is 0.912. The lowest BCUT2D eigenvalue weighted by Gasteiger charge is -2.16. The highest BCUT2D eigenvalue weighted by Crippen LogP contribution is 2.22. The summed E-state index contributed by atoms with van der Waals surface area (Å²) < 4.78 is 13.5. The van der Waals surface area contributed by atoms with Crippen molar-refractivity contribution in [1.82, 2.24) is 4.98 Å². The zero-order valence-electron chi connectivity index (χ0n) is 10.8. The van der Waals surface area contributed by atoms with Crippen LogP contribution in [0.3, 0.4) is 0 Å². The number of aryl methyl sites for hydroxylation is 1. The highest BCUT2D eigenvalue weighted by Gasteiger charge is 2.10. The van der Waals surface area contributed by atoms with Crippen LogP contribution in [0.25, 0.3) is 0 Å². The summed E-state index contributed by atoms with van der Waals surface area (Å²) in [5, 5.41) is 12.1. The number of hydrogen-bond donors (Lipinski definition) is 1. The molecule has 0 amide bonds. The molecule has 0 radical (unpaired) electrons. The van der Waals surface area contributed by atoms with Gasteiger partial charge in [0.05, 0.1) is 5.69 Å². The van der Waals surface area contributed by atoms with Crippen molar-refractivity contribution in [3.05, 3.63) is 59.2 Å². The van der Waals surface area contributed by atoms with E-state index in [1.54, 1.807) is 31.3 Å². The molecule has 0 aliphatic carbocycles. The molecule has 1 unspecified atom stereocenters. The van der Waals surface area contributed by atoms with Crippen LogP contribution in [0.1, 0.15) is 29.8 Å². The van der Waals surface area contributed by atoms with Crippen molar-refractivity contribution in [3.63, 3.8) is 0 Å². The molecule has 0 fully saturated rings. The molecule has 2 rings (SSSR count). The molecule has 0 aliphatic rings. The Labute approximate surface area is 111 Å². The second-order valence-corrected chi connectivity index (χ2v) is 4.39. The molecule has 0 saturated carbocycles. The Kier molecular flexibility index (Phi) is 3.76. The Morgan fingerprint density at radius 1 is 1.37 bits per heavy atom. The lowest BCUT2D eigenvalue weighted by molar-refractivity contribution is 0.614. The molecule has 0 saturated heterocycles. The minimum absolute atomic E-state index is 0.105. The summed E-state index contributed by atoms with van der Waals surface area (Å²) in [4.78, 5) is 3.98. The molecule has 4 heteroatoms. The maximum absolute atomic E-state index is 13.5. The normalized spacial score (nSPS) is 11.7. The summed E-state index contributed by atoms with van der Waals surface area (Å²) in [7, 11) is 0. The van der Waals surface area contributed by atoms with Crippen LogP contribution in [-0.2, 0) is 0 Å². The number of rotatable bonds is 3. The predicted octanol–water partition coefficient (Wildman–Crippen LogP) is 3.57. The first-order valence-corrected chi connectivity index (χ1v) is 5.99. The van der Waals surface area contributed by atoms with Gasteiger partial charge in [-0.05, 0) is 43.2 Å². The molecule has 1 heterocycles. The summed E-state index contributed by atoms with van der Waals surface area (Å²) in [5.74, 6) is -0.224. The van der Waals surface area contributed by atoms with Gasteiger partial charge in [-0.15, -0.1) is 0 Å². The first kappa shape index (κ1) is 13.0. The van der Waals surface area contributed by atoms with Crippen molar-refractivity contribution in [2.75, 3.05) is 5.32 Å². The van der Waals surface area contributed by atoms with E-state index in [4.69, 9.17) is 5.26 Å². The summed E-state index contributed by atoms with van der Waals surface area (Å²) in [6.45, 7) is 3.64. The molecule has 1 aromatic heterocycles. The number of nitriles is 1. The van der Waals surface area contributed by atoms with Crippen LogP contribution >= 0.6 is 0 Å². The van der Waals surface area contributed by atoms with Crippen molar-refractivity contribution in [2.45, 2.75) is 19.9 Å². The Morgan fingerprint density at radius 2 is 2.16 bits per heavy atom. The van der Waals surface area contributed by atoms with Crippen LogP contribution in [0.15, 0.2) is 36.5 Å². The number of hydrogen-bond acceptors (Lipinski definition) is 3. The van der Waals surface area contributed by atoms with E-state index in [2.05, 4.69) is 10.3 Å². The molecular weight excluding hydrogens is 241 g/mol. The standard InChI is InChI=1S/C15H14FN3/c1-10-5-6-12(8-13(10)16)11(2)19-14-4-3-7-18-15(14)9-17/h3-8,11,19H,1-2H3. The SMILES string of the molecule is Cc1ccc(C(C)Nc2cccnc2C#N)cc1F. The van der Waals surface area contributed by atoms with E-state index in [1.807, 2.05) is 19.1 Å². The van der Waals surface area contributed by atoms with E-state index in [1.165, 1.54) is 6.07 Å². The molecule has 0 bridgehead atoms. The van der Waals surface area contributed by atoms with Crippen molar-refractivity contribution in [1.29, 1.82) is 5.26 Å².